The molecule has 0 spiro atoms. The molecule has 1 heterocycles. The van der Waals surface area contributed by atoms with E-state index in [9.17, 15) is 4.79 Å². The van der Waals surface area contributed by atoms with Crippen LogP contribution in [-0.4, -0.2) is 24.0 Å². The van der Waals surface area contributed by atoms with Crippen molar-refractivity contribution < 1.29 is 9.47 Å². The standard InChI is InChI=1S/C21H20N2O3/c1-25-19-12-10-17(15-20(19)26-2)18-11-13-21(24)23(22-18)14-6-9-16-7-4-3-5-8-16/h3-13,15H,14H2,1-2H3. The molecule has 1 aromatic heterocycles. The zero-order chi connectivity index (χ0) is 18.4. The van der Waals surface area contributed by atoms with Crippen molar-refractivity contribution in [2.75, 3.05) is 14.2 Å². The van der Waals surface area contributed by atoms with Crippen LogP contribution in [0.15, 0.2) is 71.5 Å². The maximum atomic E-state index is 12.1. The van der Waals surface area contributed by atoms with Crippen LogP contribution in [0.5, 0.6) is 11.5 Å². The topological polar surface area (TPSA) is 53.4 Å². The average Bonchev–Trinajstić information content (AvgIpc) is 2.69. The predicted octanol–water partition coefficient (Wildman–Crippen LogP) is 3.64. The van der Waals surface area contributed by atoms with E-state index in [-0.39, 0.29) is 5.56 Å². The molecule has 0 radical (unpaired) electrons. The van der Waals surface area contributed by atoms with Crippen molar-refractivity contribution in [3.05, 3.63) is 82.7 Å². The summed E-state index contributed by atoms with van der Waals surface area (Å²) < 4.78 is 12.0. The minimum Gasteiger partial charge on any atom is -0.493 e. The number of aromatic nitrogens is 2. The fourth-order valence-electron chi connectivity index (χ4n) is 2.58. The molecule has 0 N–H and O–H groups in total. The Hall–Kier alpha value is -3.34. The first-order valence-corrected chi connectivity index (χ1v) is 8.23. The molecule has 0 aliphatic carbocycles. The smallest absolute Gasteiger partial charge is 0.267 e. The van der Waals surface area contributed by atoms with E-state index < -0.39 is 0 Å². The van der Waals surface area contributed by atoms with Gasteiger partial charge in [-0.15, -0.1) is 0 Å². The van der Waals surface area contributed by atoms with Gasteiger partial charge in [-0.3, -0.25) is 4.79 Å². The quantitative estimate of drug-likeness (QED) is 0.682. The molecule has 0 bridgehead atoms. The van der Waals surface area contributed by atoms with Crippen LogP contribution < -0.4 is 15.0 Å². The maximum Gasteiger partial charge on any atom is 0.267 e. The highest BCUT2D eigenvalue weighted by Gasteiger charge is 2.08. The van der Waals surface area contributed by atoms with E-state index in [1.807, 2.05) is 60.7 Å². The predicted molar refractivity (Wildman–Crippen MR) is 103 cm³/mol. The molecule has 0 unspecified atom stereocenters. The molecule has 5 heteroatoms. The summed E-state index contributed by atoms with van der Waals surface area (Å²) in [6.07, 6.45) is 3.89. The molecular formula is C21H20N2O3. The van der Waals surface area contributed by atoms with Gasteiger partial charge < -0.3 is 9.47 Å². The third-order valence-electron chi connectivity index (χ3n) is 3.93. The van der Waals surface area contributed by atoms with E-state index in [1.165, 1.54) is 10.7 Å². The lowest BCUT2D eigenvalue weighted by Crippen LogP contribution is -2.21. The molecule has 5 nitrogen and oxygen atoms in total. The number of benzene rings is 2. The van der Waals surface area contributed by atoms with Crippen molar-refractivity contribution in [3.63, 3.8) is 0 Å². The van der Waals surface area contributed by atoms with Crippen molar-refractivity contribution in [2.45, 2.75) is 6.54 Å². The van der Waals surface area contributed by atoms with Crippen molar-refractivity contribution >= 4 is 6.08 Å². The van der Waals surface area contributed by atoms with Crippen molar-refractivity contribution in [1.82, 2.24) is 9.78 Å². The number of methoxy groups -OCH3 is 2. The highest BCUT2D eigenvalue weighted by molar-refractivity contribution is 5.63. The Morgan fingerprint density at radius 2 is 1.73 bits per heavy atom. The van der Waals surface area contributed by atoms with Crippen LogP contribution in [0, 0.1) is 0 Å². The van der Waals surface area contributed by atoms with Gasteiger partial charge in [-0.2, -0.15) is 5.10 Å². The third kappa shape index (κ3) is 4.00. The van der Waals surface area contributed by atoms with E-state index in [2.05, 4.69) is 5.10 Å². The number of rotatable bonds is 6. The normalized spacial score (nSPS) is 10.8. The zero-order valence-electron chi connectivity index (χ0n) is 14.8. The summed E-state index contributed by atoms with van der Waals surface area (Å²) >= 11 is 0. The molecule has 3 rings (SSSR count). The van der Waals surface area contributed by atoms with Crippen LogP contribution in [0.25, 0.3) is 17.3 Å². The average molecular weight is 348 g/mol. The van der Waals surface area contributed by atoms with Gasteiger partial charge in [0.25, 0.3) is 5.56 Å². The molecular weight excluding hydrogens is 328 g/mol. The Bertz CT molecular complexity index is 962. The lowest BCUT2D eigenvalue weighted by atomic mass is 10.1. The van der Waals surface area contributed by atoms with Crippen LogP contribution in [0.4, 0.5) is 0 Å². The van der Waals surface area contributed by atoms with Crippen LogP contribution >= 0.6 is 0 Å². The van der Waals surface area contributed by atoms with E-state index in [1.54, 1.807) is 20.3 Å². The van der Waals surface area contributed by atoms with Gasteiger partial charge in [0.15, 0.2) is 11.5 Å². The fraction of sp³-hybridized carbons (Fsp3) is 0.143. The first-order chi connectivity index (χ1) is 12.7. The van der Waals surface area contributed by atoms with Crippen LogP contribution in [0.1, 0.15) is 5.56 Å². The van der Waals surface area contributed by atoms with E-state index in [4.69, 9.17) is 9.47 Å². The van der Waals surface area contributed by atoms with Gasteiger partial charge in [-0.25, -0.2) is 4.68 Å². The van der Waals surface area contributed by atoms with Crippen LogP contribution in [0.3, 0.4) is 0 Å². The molecule has 0 fully saturated rings. The molecule has 0 saturated carbocycles. The zero-order valence-corrected chi connectivity index (χ0v) is 14.8. The lowest BCUT2D eigenvalue weighted by molar-refractivity contribution is 0.355. The van der Waals surface area contributed by atoms with Gasteiger partial charge in [-0.05, 0) is 29.8 Å². The van der Waals surface area contributed by atoms with Crippen LogP contribution in [-0.2, 0) is 6.54 Å². The Labute approximate surface area is 152 Å². The molecule has 132 valence electrons. The van der Waals surface area contributed by atoms with Crippen LogP contribution in [0.2, 0.25) is 0 Å². The summed E-state index contributed by atoms with van der Waals surface area (Å²) in [5.74, 6) is 1.27. The lowest BCUT2D eigenvalue weighted by Gasteiger charge is -2.10. The summed E-state index contributed by atoms with van der Waals surface area (Å²) in [6, 6.07) is 18.7. The summed E-state index contributed by atoms with van der Waals surface area (Å²) in [6.45, 7) is 0.398. The molecule has 2 aromatic carbocycles. The largest absolute Gasteiger partial charge is 0.493 e. The van der Waals surface area contributed by atoms with E-state index in [0.717, 1.165) is 11.1 Å². The Kier molecular flexibility index (Phi) is 5.49. The second kappa shape index (κ2) is 8.16. The molecule has 0 aliphatic rings. The molecule has 0 aliphatic heterocycles. The summed E-state index contributed by atoms with van der Waals surface area (Å²) in [7, 11) is 3.18. The first-order valence-electron chi connectivity index (χ1n) is 8.23. The Morgan fingerprint density at radius 1 is 0.962 bits per heavy atom. The second-order valence-electron chi connectivity index (χ2n) is 5.62. The molecule has 3 aromatic rings. The minimum absolute atomic E-state index is 0.146. The van der Waals surface area contributed by atoms with Gasteiger partial charge in [0.05, 0.1) is 26.5 Å². The third-order valence-corrected chi connectivity index (χ3v) is 3.93. The number of ether oxygens (including phenoxy) is 2. The van der Waals surface area contributed by atoms with E-state index in [0.29, 0.717) is 23.7 Å². The molecule has 0 saturated heterocycles. The van der Waals surface area contributed by atoms with Crippen molar-refractivity contribution in [1.29, 1.82) is 0 Å². The highest BCUT2D eigenvalue weighted by Crippen LogP contribution is 2.31. The molecule has 0 amide bonds. The number of allylic oxidation sites excluding steroid dienone is 1. The summed E-state index contributed by atoms with van der Waals surface area (Å²) in [5, 5.41) is 4.46. The number of hydrogen-bond acceptors (Lipinski definition) is 4. The van der Waals surface area contributed by atoms with Gasteiger partial charge in [-0.1, -0.05) is 42.5 Å². The SMILES string of the molecule is COc1ccc(-c2ccc(=O)n(CC=Cc3ccccc3)n2)cc1OC. The monoisotopic (exact) mass is 348 g/mol. The Morgan fingerprint density at radius 3 is 2.46 bits per heavy atom. The second-order valence-corrected chi connectivity index (χ2v) is 5.62. The molecule has 26 heavy (non-hydrogen) atoms. The van der Waals surface area contributed by atoms with Crippen molar-refractivity contribution in [2.24, 2.45) is 0 Å². The Balaban J connectivity index is 1.86. The molecule has 0 atom stereocenters. The van der Waals surface area contributed by atoms with Gasteiger partial charge >= 0.3 is 0 Å². The van der Waals surface area contributed by atoms with E-state index >= 15 is 0 Å². The minimum atomic E-state index is -0.146. The van der Waals surface area contributed by atoms with Crippen molar-refractivity contribution in [3.8, 4) is 22.8 Å². The number of nitrogens with zero attached hydrogens (tertiary/aromatic N) is 2. The number of hydrogen-bond donors (Lipinski definition) is 0. The fourth-order valence-corrected chi connectivity index (χ4v) is 2.58. The summed E-state index contributed by atoms with van der Waals surface area (Å²) in [4.78, 5) is 12.1. The highest BCUT2D eigenvalue weighted by atomic mass is 16.5. The van der Waals surface area contributed by atoms with Gasteiger partial charge in [0, 0.05) is 11.6 Å². The summed E-state index contributed by atoms with van der Waals surface area (Å²) in [5.41, 5.74) is 2.48. The van der Waals surface area contributed by atoms with Gasteiger partial charge in [0.1, 0.15) is 0 Å². The first kappa shape index (κ1) is 17.5. The maximum absolute atomic E-state index is 12.1. The van der Waals surface area contributed by atoms with Gasteiger partial charge in [0.2, 0.25) is 0 Å².